The van der Waals surface area contributed by atoms with Gasteiger partial charge >= 0.3 is 6.09 Å². The number of nitrogens with one attached hydrogen (secondary N) is 1. The molecule has 0 bridgehead atoms. The molecule has 4 rings (SSSR count). The maximum atomic E-state index is 12.3. The molecular weight excluding hydrogens is 442 g/mol. The number of carbonyl (C=O) groups excluding carboxylic acids is 1. The van der Waals surface area contributed by atoms with E-state index < -0.39 is 26.4 Å². The van der Waals surface area contributed by atoms with Gasteiger partial charge in [0.05, 0.1) is 14.2 Å². The number of alkyl carbamates (subject to hydrolysis) is 1. The van der Waals surface area contributed by atoms with Crippen LogP contribution in [0.1, 0.15) is 35.1 Å². The zero-order valence-electron chi connectivity index (χ0n) is 20.0. The average Bonchev–Trinajstić information content (AvgIpc) is 3.15. The van der Waals surface area contributed by atoms with Gasteiger partial charge in [-0.3, -0.25) is 0 Å². The summed E-state index contributed by atoms with van der Waals surface area (Å²) in [5.74, 6) is 0.00389. The Balaban J connectivity index is 1.28. The number of hydrogen-bond acceptors (Lipinski definition) is 4. The fraction of sp³-hybridized carbons (Fsp3) is 0.321. The minimum atomic E-state index is -1.52. The van der Waals surface area contributed by atoms with Gasteiger partial charge < -0.3 is 20.3 Å². The molecule has 6 heteroatoms. The number of rotatable bonds is 8. The first-order valence-corrected chi connectivity index (χ1v) is 15.3. The molecule has 0 saturated carbocycles. The van der Waals surface area contributed by atoms with Crippen LogP contribution in [0.25, 0.3) is 11.1 Å². The highest BCUT2D eigenvalue weighted by atomic mass is 28.3. The zero-order chi connectivity index (χ0) is 24.3. The Morgan fingerprint density at radius 1 is 0.941 bits per heavy atom. The smallest absolute Gasteiger partial charge is 0.407 e. The molecule has 0 heterocycles. The first-order valence-electron chi connectivity index (χ1n) is 11.8. The van der Waals surface area contributed by atoms with Crippen molar-refractivity contribution in [2.45, 2.75) is 44.2 Å². The first-order chi connectivity index (χ1) is 16.3. The van der Waals surface area contributed by atoms with E-state index in [4.69, 9.17) is 4.74 Å². The highest BCUT2D eigenvalue weighted by molar-refractivity contribution is 6.88. The minimum Gasteiger partial charge on any atom is -0.449 e. The van der Waals surface area contributed by atoms with Crippen molar-refractivity contribution in [3.05, 3.63) is 89.5 Å². The third-order valence-electron chi connectivity index (χ3n) is 6.51. The highest BCUT2D eigenvalue weighted by Gasteiger charge is 2.29. The normalized spacial score (nSPS) is 14.7. The molecule has 2 unspecified atom stereocenters. The largest absolute Gasteiger partial charge is 0.449 e. The Morgan fingerprint density at radius 2 is 1.56 bits per heavy atom. The van der Waals surface area contributed by atoms with Crippen LogP contribution >= 0.6 is 0 Å². The van der Waals surface area contributed by atoms with Crippen molar-refractivity contribution in [3.8, 4) is 11.1 Å². The van der Waals surface area contributed by atoms with Crippen LogP contribution in [-0.2, 0) is 4.74 Å². The molecule has 0 saturated heterocycles. The van der Waals surface area contributed by atoms with E-state index in [0.717, 1.165) is 11.1 Å². The second-order valence-corrected chi connectivity index (χ2v) is 15.0. The number of ether oxygens (including phenoxy) is 1. The van der Waals surface area contributed by atoms with Crippen LogP contribution in [0.2, 0.25) is 19.6 Å². The number of aliphatic hydroxyl groups is 2. The van der Waals surface area contributed by atoms with Crippen LogP contribution < -0.4 is 10.5 Å². The minimum absolute atomic E-state index is 0.00389. The van der Waals surface area contributed by atoms with Gasteiger partial charge in [-0.05, 0) is 34.2 Å². The fourth-order valence-electron chi connectivity index (χ4n) is 4.54. The zero-order valence-corrected chi connectivity index (χ0v) is 21.0. The van der Waals surface area contributed by atoms with E-state index in [1.807, 2.05) is 42.5 Å². The third kappa shape index (κ3) is 5.25. The van der Waals surface area contributed by atoms with Crippen molar-refractivity contribution in [1.29, 1.82) is 0 Å². The summed E-state index contributed by atoms with van der Waals surface area (Å²) in [6.45, 7) is 7.19. The molecule has 1 amide bonds. The topological polar surface area (TPSA) is 78.8 Å². The maximum absolute atomic E-state index is 12.3. The van der Waals surface area contributed by atoms with Gasteiger partial charge in [-0.1, -0.05) is 97.6 Å². The molecule has 0 radical (unpaired) electrons. The van der Waals surface area contributed by atoms with Crippen molar-refractivity contribution < 1.29 is 19.7 Å². The van der Waals surface area contributed by atoms with E-state index in [1.165, 1.54) is 16.3 Å². The molecular formula is C28H33NO4Si. The van der Waals surface area contributed by atoms with E-state index in [9.17, 15) is 15.0 Å². The van der Waals surface area contributed by atoms with Crippen LogP contribution in [0, 0.1) is 0 Å². The maximum Gasteiger partial charge on any atom is 0.407 e. The van der Waals surface area contributed by atoms with Gasteiger partial charge in [0, 0.05) is 12.5 Å². The lowest BCUT2D eigenvalue weighted by atomic mass is 9.98. The molecule has 1 aliphatic carbocycles. The van der Waals surface area contributed by atoms with Crippen molar-refractivity contribution in [1.82, 2.24) is 5.32 Å². The van der Waals surface area contributed by atoms with Crippen LogP contribution in [0.3, 0.4) is 0 Å². The molecule has 0 spiro atoms. The van der Waals surface area contributed by atoms with E-state index in [-0.39, 0.29) is 25.5 Å². The summed E-state index contributed by atoms with van der Waals surface area (Å²) in [7, 11) is -1.52. The quantitative estimate of drug-likeness (QED) is 0.418. The Kier molecular flexibility index (Phi) is 7.21. The van der Waals surface area contributed by atoms with Crippen LogP contribution in [-0.4, -0.2) is 43.6 Å². The van der Waals surface area contributed by atoms with E-state index >= 15 is 0 Å². The number of amides is 1. The number of fused-ring (bicyclic) bond motifs is 3. The van der Waals surface area contributed by atoms with Gasteiger partial charge in [-0.25, -0.2) is 4.79 Å². The average molecular weight is 476 g/mol. The SMILES string of the molecule is C[Si](C)(C)c1cccc(C(O)C(O)CCNC(=O)OCC2c3ccccc3-c3ccccc32)c1. The van der Waals surface area contributed by atoms with Gasteiger partial charge in [-0.2, -0.15) is 0 Å². The van der Waals surface area contributed by atoms with E-state index in [1.54, 1.807) is 0 Å². The number of carbonyl (C=O) groups is 1. The Labute approximate surface area is 202 Å². The van der Waals surface area contributed by atoms with Crippen molar-refractivity contribution in [2.24, 2.45) is 0 Å². The number of benzene rings is 3. The molecule has 5 nitrogen and oxygen atoms in total. The standard InChI is InChI=1S/C28H33NO4Si/c1-34(2,3)20-10-8-9-19(17-20)27(31)26(30)15-16-29-28(32)33-18-25-23-13-6-4-11-21(23)22-12-5-7-14-24(22)25/h4-14,17,25-27,30-31H,15-16,18H2,1-3H3,(H,29,32). The number of aliphatic hydroxyl groups excluding tert-OH is 2. The molecule has 3 N–H and O–H groups in total. The third-order valence-corrected chi connectivity index (χ3v) is 8.55. The molecule has 2 atom stereocenters. The van der Waals surface area contributed by atoms with Crippen molar-refractivity contribution >= 4 is 19.4 Å². The predicted octanol–water partition coefficient (Wildman–Crippen LogP) is 4.55. The van der Waals surface area contributed by atoms with Crippen molar-refractivity contribution in [3.63, 3.8) is 0 Å². The highest BCUT2D eigenvalue weighted by Crippen LogP contribution is 2.44. The monoisotopic (exact) mass is 475 g/mol. The molecule has 0 fully saturated rings. The van der Waals surface area contributed by atoms with Crippen LogP contribution in [0.5, 0.6) is 0 Å². The van der Waals surface area contributed by atoms with Crippen molar-refractivity contribution in [2.75, 3.05) is 13.2 Å². The molecule has 1 aliphatic rings. The Bertz CT molecular complexity index is 1110. The molecule has 3 aromatic carbocycles. The Hall–Kier alpha value is -2.93. The lowest BCUT2D eigenvalue weighted by Crippen LogP contribution is -2.38. The summed E-state index contributed by atoms with van der Waals surface area (Å²) >= 11 is 0. The van der Waals surface area contributed by atoms with Gasteiger partial charge in [0.1, 0.15) is 12.7 Å². The second-order valence-electron chi connectivity index (χ2n) is 9.93. The summed E-state index contributed by atoms with van der Waals surface area (Å²) in [6, 6.07) is 24.2. The van der Waals surface area contributed by atoms with E-state index in [0.29, 0.717) is 5.56 Å². The fourth-order valence-corrected chi connectivity index (χ4v) is 5.74. The van der Waals surface area contributed by atoms with E-state index in [2.05, 4.69) is 55.3 Å². The molecule has 178 valence electrons. The van der Waals surface area contributed by atoms with Crippen LogP contribution in [0.4, 0.5) is 4.79 Å². The molecule has 0 aromatic heterocycles. The van der Waals surface area contributed by atoms with Gasteiger partial charge in [0.15, 0.2) is 0 Å². The van der Waals surface area contributed by atoms with Gasteiger partial charge in [-0.15, -0.1) is 0 Å². The van der Waals surface area contributed by atoms with Gasteiger partial charge in [0.25, 0.3) is 0 Å². The second kappa shape index (κ2) is 10.1. The lowest BCUT2D eigenvalue weighted by Gasteiger charge is -2.22. The van der Waals surface area contributed by atoms with Gasteiger partial charge in [0.2, 0.25) is 0 Å². The summed E-state index contributed by atoms with van der Waals surface area (Å²) < 4.78 is 5.53. The Morgan fingerprint density at radius 3 is 2.18 bits per heavy atom. The summed E-state index contributed by atoms with van der Waals surface area (Å²) in [5, 5.41) is 25.0. The predicted molar refractivity (Wildman–Crippen MR) is 138 cm³/mol. The summed E-state index contributed by atoms with van der Waals surface area (Å²) in [6.07, 6.45) is -2.28. The molecule has 3 aromatic rings. The van der Waals surface area contributed by atoms with Crippen LogP contribution in [0.15, 0.2) is 72.8 Å². The summed E-state index contributed by atoms with van der Waals surface area (Å²) in [5.41, 5.74) is 5.39. The molecule has 0 aliphatic heterocycles. The first kappa shape index (κ1) is 24.2. The molecule has 34 heavy (non-hydrogen) atoms. The number of hydrogen-bond donors (Lipinski definition) is 3. The lowest BCUT2D eigenvalue weighted by molar-refractivity contribution is 0.0137. The summed E-state index contributed by atoms with van der Waals surface area (Å²) in [4.78, 5) is 12.3.